The van der Waals surface area contributed by atoms with Crippen LogP contribution in [0.15, 0.2) is 12.2 Å². The number of hydrogen-bond donors (Lipinski definition) is 2. The summed E-state index contributed by atoms with van der Waals surface area (Å²) in [5.74, 6) is -0.702. The molecule has 148 valence electrons. The summed E-state index contributed by atoms with van der Waals surface area (Å²) in [4.78, 5) is 25.0. The fourth-order valence-electron chi connectivity index (χ4n) is 2.82. The number of nitrogens with one attached hydrogen (secondary N) is 2. The van der Waals surface area contributed by atoms with Crippen molar-refractivity contribution in [1.82, 2.24) is 10.0 Å². The van der Waals surface area contributed by atoms with E-state index in [0.717, 1.165) is 12.8 Å². The molecule has 2 aliphatic carbocycles. The highest BCUT2D eigenvalue weighted by molar-refractivity contribution is 7.91. The van der Waals surface area contributed by atoms with Crippen LogP contribution < -0.4 is 10.0 Å². The smallest absolute Gasteiger partial charge is 0.259 e. The van der Waals surface area contributed by atoms with E-state index in [-0.39, 0.29) is 17.7 Å². The summed E-state index contributed by atoms with van der Waals surface area (Å²) in [6, 6.07) is 0. The molecule has 26 heavy (non-hydrogen) atoms. The Morgan fingerprint density at radius 2 is 1.81 bits per heavy atom. The molecule has 0 bridgehead atoms. The molecule has 2 aliphatic rings. The van der Waals surface area contributed by atoms with Crippen molar-refractivity contribution in [3.63, 3.8) is 0 Å². The first-order valence-electron chi connectivity index (χ1n) is 9.49. The summed E-state index contributed by atoms with van der Waals surface area (Å²) in [6.07, 6.45) is 7.46. The SMILES string of the molecule is CC(C)CCC=CC1CC1(NC(=O)C(C)C)C(=O)NS(=O)(=O)C1(C)CC1. The summed E-state index contributed by atoms with van der Waals surface area (Å²) in [7, 11) is -3.72. The van der Waals surface area contributed by atoms with Crippen LogP contribution in [0.3, 0.4) is 0 Å². The lowest BCUT2D eigenvalue weighted by molar-refractivity contribution is -0.130. The van der Waals surface area contributed by atoms with Crippen molar-refractivity contribution < 1.29 is 18.0 Å². The third-order valence-corrected chi connectivity index (χ3v) is 7.56. The molecule has 2 atom stereocenters. The number of amides is 2. The van der Waals surface area contributed by atoms with Crippen molar-refractivity contribution in [2.45, 2.75) is 77.0 Å². The fourth-order valence-corrected chi connectivity index (χ4v) is 4.13. The maximum Gasteiger partial charge on any atom is 0.259 e. The summed E-state index contributed by atoms with van der Waals surface area (Å²) in [5.41, 5.74) is -1.14. The minimum Gasteiger partial charge on any atom is -0.341 e. The summed E-state index contributed by atoms with van der Waals surface area (Å²) in [5, 5.41) is 2.79. The van der Waals surface area contributed by atoms with E-state index < -0.39 is 26.2 Å². The quantitative estimate of drug-likeness (QED) is 0.598. The number of sulfonamides is 1. The predicted molar refractivity (Wildman–Crippen MR) is 102 cm³/mol. The van der Waals surface area contributed by atoms with Crippen LogP contribution in [0.4, 0.5) is 0 Å². The second-order valence-corrected chi connectivity index (χ2v) is 10.9. The standard InChI is InChI=1S/C19H32N2O4S/c1-13(2)8-6-7-9-15-12-19(15,20-16(22)14(3)4)17(23)21-26(24,25)18(5)10-11-18/h7,9,13-15H,6,8,10-12H2,1-5H3,(H,20,22)(H,21,23). The average Bonchev–Trinajstić information content (AvgIpc) is 3.41. The molecule has 2 fully saturated rings. The maximum atomic E-state index is 12.8. The van der Waals surface area contributed by atoms with Crippen LogP contribution in [0.2, 0.25) is 0 Å². The number of carbonyl (C=O) groups is 2. The van der Waals surface area contributed by atoms with Crippen molar-refractivity contribution in [3.8, 4) is 0 Å². The normalized spacial score (nSPS) is 27.0. The van der Waals surface area contributed by atoms with Crippen LogP contribution in [-0.4, -0.2) is 30.5 Å². The van der Waals surface area contributed by atoms with E-state index in [9.17, 15) is 18.0 Å². The van der Waals surface area contributed by atoms with E-state index in [4.69, 9.17) is 0 Å². The second-order valence-electron chi connectivity index (χ2n) is 8.71. The van der Waals surface area contributed by atoms with Gasteiger partial charge in [0.05, 0.1) is 4.75 Å². The third kappa shape index (κ3) is 4.48. The Morgan fingerprint density at radius 1 is 1.19 bits per heavy atom. The zero-order chi connectivity index (χ0) is 19.8. The Hall–Kier alpha value is -1.37. The van der Waals surface area contributed by atoms with Gasteiger partial charge in [0.25, 0.3) is 5.91 Å². The van der Waals surface area contributed by atoms with Crippen molar-refractivity contribution in [2.24, 2.45) is 17.8 Å². The first-order valence-corrected chi connectivity index (χ1v) is 11.0. The van der Waals surface area contributed by atoms with Gasteiger partial charge in [-0.25, -0.2) is 8.42 Å². The highest BCUT2D eigenvalue weighted by atomic mass is 32.2. The van der Waals surface area contributed by atoms with Gasteiger partial charge in [-0.15, -0.1) is 0 Å². The molecule has 2 amide bonds. The molecule has 2 saturated carbocycles. The van der Waals surface area contributed by atoms with Crippen molar-refractivity contribution in [3.05, 3.63) is 12.2 Å². The molecule has 0 radical (unpaired) electrons. The van der Waals surface area contributed by atoms with Crippen LogP contribution >= 0.6 is 0 Å². The van der Waals surface area contributed by atoms with Gasteiger partial charge in [-0.1, -0.05) is 39.8 Å². The van der Waals surface area contributed by atoms with Gasteiger partial charge in [0, 0.05) is 11.8 Å². The maximum absolute atomic E-state index is 12.8. The van der Waals surface area contributed by atoms with Crippen LogP contribution in [-0.2, 0) is 19.6 Å². The predicted octanol–water partition coefficient (Wildman–Crippen LogP) is 2.51. The molecule has 0 spiro atoms. The minimum absolute atomic E-state index is 0.167. The zero-order valence-corrected chi connectivity index (χ0v) is 17.3. The fraction of sp³-hybridized carbons (Fsp3) is 0.789. The molecule has 6 nitrogen and oxygen atoms in total. The molecule has 2 rings (SSSR count). The van der Waals surface area contributed by atoms with Gasteiger partial charge in [-0.05, 0) is 44.9 Å². The van der Waals surface area contributed by atoms with Gasteiger partial charge in [-0.2, -0.15) is 0 Å². The van der Waals surface area contributed by atoms with Gasteiger partial charge in [-0.3, -0.25) is 14.3 Å². The summed E-state index contributed by atoms with van der Waals surface area (Å²) in [6.45, 7) is 9.43. The first kappa shape index (κ1) is 20.9. The molecule has 0 aliphatic heterocycles. The van der Waals surface area contributed by atoms with Gasteiger partial charge < -0.3 is 5.32 Å². The van der Waals surface area contributed by atoms with Gasteiger partial charge >= 0.3 is 0 Å². The van der Waals surface area contributed by atoms with Crippen molar-refractivity contribution in [1.29, 1.82) is 0 Å². The molecule has 2 unspecified atom stereocenters. The topological polar surface area (TPSA) is 92.3 Å². The lowest BCUT2D eigenvalue weighted by Crippen LogP contribution is -2.54. The number of allylic oxidation sites excluding steroid dienone is 1. The molecule has 0 heterocycles. The highest BCUT2D eigenvalue weighted by Crippen LogP contribution is 2.47. The van der Waals surface area contributed by atoms with E-state index in [1.54, 1.807) is 20.8 Å². The number of carbonyl (C=O) groups excluding carboxylic acids is 2. The number of hydrogen-bond acceptors (Lipinski definition) is 4. The lowest BCUT2D eigenvalue weighted by atomic mass is 10.1. The van der Waals surface area contributed by atoms with E-state index in [1.165, 1.54) is 0 Å². The van der Waals surface area contributed by atoms with Crippen molar-refractivity contribution >= 4 is 21.8 Å². The molecular formula is C19H32N2O4S. The third-order valence-electron chi connectivity index (χ3n) is 5.40. The Balaban J connectivity index is 2.10. The van der Waals surface area contributed by atoms with Crippen molar-refractivity contribution in [2.75, 3.05) is 0 Å². The lowest BCUT2D eigenvalue weighted by Gasteiger charge is -2.21. The van der Waals surface area contributed by atoms with Crippen LogP contribution in [0.25, 0.3) is 0 Å². The van der Waals surface area contributed by atoms with E-state index >= 15 is 0 Å². The van der Waals surface area contributed by atoms with Gasteiger partial charge in [0.15, 0.2) is 0 Å². The first-order chi connectivity index (χ1) is 11.9. The highest BCUT2D eigenvalue weighted by Gasteiger charge is 2.62. The Morgan fingerprint density at radius 3 is 2.31 bits per heavy atom. The number of rotatable bonds is 9. The van der Waals surface area contributed by atoms with Gasteiger partial charge in [0.1, 0.15) is 5.54 Å². The Labute approximate surface area is 157 Å². The van der Waals surface area contributed by atoms with E-state index in [0.29, 0.717) is 25.2 Å². The molecule has 0 aromatic carbocycles. The Bertz CT molecular complexity index is 692. The monoisotopic (exact) mass is 384 g/mol. The molecular weight excluding hydrogens is 352 g/mol. The summed E-state index contributed by atoms with van der Waals surface area (Å²) < 4.78 is 26.2. The van der Waals surface area contributed by atoms with Gasteiger partial charge in [0.2, 0.25) is 15.9 Å². The molecule has 0 saturated heterocycles. The molecule has 2 N–H and O–H groups in total. The molecule has 0 aromatic heterocycles. The Kier molecular flexibility index (Phi) is 5.90. The molecule has 0 aromatic rings. The van der Waals surface area contributed by atoms with Crippen LogP contribution in [0.5, 0.6) is 0 Å². The van der Waals surface area contributed by atoms with E-state index in [1.807, 2.05) is 12.2 Å². The van der Waals surface area contributed by atoms with E-state index in [2.05, 4.69) is 23.9 Å². The average molecular weight is 385 g/mol. The van der Waals surface area contributed by atoms with Crippen LogP contribution in [0.1, 0.15) is 66.7 Å². The summed E-state index contributed by atoms with van der Waals surface area (Å²) >= 11 is 0. The second kappa shape index (κ2) is 7.33. The zero-order valence-electron chi connectivity index (χ0n) is 16.5. The largest absolute Gasteiger partial charge is 0.341 e. The van der Waals surface area contributed by atoms with Crippen LogP contribution in [0, 0.1) is 17.8 Å². The molecule has 7 heteroatoms. The minimum atomic E-state index is -3.72.